The molecule has 1 aromatic carbocycles. The predicted octanol–water partition coefficient (Wildman–Crippen LogP) is 3.41. The van der Waals surface area contributed by atoms with Crippen LogP contribution in [0.15, 0.2) is 18.2 Å². The largest absolute Gasteiger partial charge is 0.349 e. The minimum atomic E-state index is -0.126. The van der Waals surface area contributed by atoms with E-state index >= 15 is 0 Å². The van der Waals surface area contributed by atoms with Gasteiger partial charge in [-0.05, 0) is 37.5 Å². The average Bonchev–Trinajstić information content (AvgIpc) is 2.69. The lowest BCUT2D eigenvalue weighted by molar-refractivity contribution is -0.114. The molecule has 0 spiro atoms. The molecule has 0 atom stereocenters. The fourth-order valence-corrected chi connectivity index (χ4v) is 2.78. The molecule has 0 heterocycles. The summed E-state index contributed by atoms with van der Waals surface area (Å²) >= 11 is 0. The van der Waals surface area contributed by atoms with Gasteiger partial charge >= 0.3 is 0 Å². The third kappa shape index (κ3) is 4.59. The van der Waals surface area contributed by atoms with Gasteiger partial charge in [-0.15, -0.1) is 0 Å². The Labute approximate surface area is 126 Å². The Morgan fingerprint density at radius 3 is 2.38 bits per heavy atom. The molecule has 0 unspecified atom stereocenters. The van der Waals surface area contributed by atoms with Crippen molar-refractivity contribution in [3.05, 3.63) is 29.3 Å². The van der Waals surface area contributed by atoms with Crippen LogP contribution in [0.2, 0.25) is 0 Å². The minimum absolute atomic E-state index is 0.0477. The number of amides is 2. The highest BCUT2D eigenvalue weighted by Gasteiger charge is 2.16. The van der Waals surface area contributed by atoms with Gasteiger partial charge in [0.15, 0.2) is 0 Å². The van der Waals surface area contributed by atoms with Gasteiger partial charge in [0.25, 0.3) is 5.91 Å². The molecule has 4 heteroatoms. The van der Waals surface area contributed by atoms with Gasteiger partial charge in [0.2, 0.25) is 5.91 Å². The van der Waals surface area contributed by atoms with Gasteiger partial charge in [-0.2, -0.15) is 0 Å². The van der Waals surface area contributed by atoms with E-state index in [2.05, 4.69) is 10.6 Å². The monoisotopic (exact) mass is 288 g/mol. The van der Waals surface area contributed by atoms with Crippen LogP contribution in [0.3, 0.4) is 0 Å². The second-order valence-corrected chi connectivity index (χ2v) is 5.87. The zero-order valence-electron chi connectivity index (χ0n) is 12.9. The van der Waals surface area contributed by atoms with Crippen LogP contribution in [0.1, 0.15) is 61.4 Å². The summed E-state index contributed by atoms with van der Waals surface area (Å²) in [6.45, 7) is 3.38. The Kier molecular flexibility index (Phi) is 5.37. The normalized spacial score (nSPS) is 16.1. The first-order valence-electron chi connectivity index (χ1n) is 7.75. The van der Waals surface area contributed by atoms with Crippen LogP contribution in [-0.2, 0) is 4.79 Å². The van der Waals surface area contributed by atoms with Crippen LogP contribution < -0.4 is 10.6 Å². The van der Waals surface area contributed by atoms with Crippen molar-refractivity contribution in [3.63, 3.8) is 0 Å². The van der Waals surface area contributed by atoms with Gasteiger partial charge < -0.3 is 10.6 Å². The predicted molar refractivity (Wildman–Crippen MR) is 84.4 cm³/mol. The topological polar surface area (TPSA) is 58.2 Å². The van der Waals surface area contributed by atoms with Crippen molar-refractivity contribution in [3.8, 4) is 0 Å². The summed E-state index contributed by atoms with van der Waals surface area (Å²) in [4.78, 5) is 23.5. The number of hydrogen-bond acceptors (Lipinski definition) is 2. The molecule has 0 aliphatic heterocycles. The standard InChI is InChI=1S/C17H24N2O2/c1-12-9-10-14(11-16(12)18-13(2)20)17(21)19-15-7-5-3-4-6-8-15/h9-11,15H,3-8H2,1-2H3,(H,18,20)(H,19,21). The molecule has 1 aliphatic carbocycles. The summed E-state index contributed by atoms with van der Waals surface area (Å²) in [5.74, 6) is -0.173. The quantitative estimate of drug-likeness (QED) is 0.837. The number of aryl methyl sites for hydroxylation is 1. The average molecular weight is 288 g/mol. The molecule has 21 heavy (non-hydrogen) atoms. The van der Waals surface area contributed by atoms with Gasteiger partial charge in [-0.25, -0.2) is 0 Å². The van der Waals surface area contributed by atoms with Gasteiger partial charge in [-0.1, -0.05) is 31.7 Å². The summed E-state index contributed by atoms with van der Waals surface area (Å²) in [7, 11) is 0. The number of benzene rings is 1. The number of nitrogens with one attached hydrogen (secondary N) is 2. The van der Waals surface area contributed by atoms with E-state index in [0.717, 1.165) is 18.4 Å². The fourth-order valence-electron chi connectivity index (χ4n) is 2.78. The third-order valence-electron chi connectivity index (χ3n) is 4.00. The molecule has 1 aromatic rings. The molecular formula is C17H24N2O2. The Bertz CT molecular complexity index is 518. The zero-order valence-corrected chi connectivity index (χ0v) is 12.9. The molecule has 2 amide bonds. The maximum absolute atomic E-state index is 12.4. The number of rotatable bonds is 3. The van der Waals surface area contributed by atoms with Crippen molar-refractivity contribution in [1.82, 2.24) is 5.32 Å². The zero-order chi connectivity index (χ0) is 15.2. The fraction of sp³-hybridized carbons (Fsp3) is 0.529. The third-order valence-corrected chi connectivity index (χ3v) is 4.00. The van der Waals surface area contributed by atoms with Gasteiger partial charge in [0, 0.05) is 24.2 Å². The highest BCUT2D eigenvalue weighted by Crippen LogP contribution is 2.19. The first kappa shape index (κ1) is 15.5. The molecule has 2 N–H and O–H groups in total. The number of anilines is 1. The van der Waals surface area contributed by atoms with Crippen LogP contribution >= 0.6 is 0 Å². The Hall–Kier alpha value is -1.84. The molecule has 0 radical (unpaired) electrons. The number of carbonyl (C=O) groups excluding carboxylic acids is 2. The van der Waals surface area contributed by atoms with Crippen LogP contribution in [0.25, 0.3) is 0 Å². The Morgan fingerprint density at radius 1 is 1.10 bits per heavy atom. The van der Waals surface area contributed by atoms with Gasteiger partial charge in [0.1, 0.15) is 0 Å². The van der Waals surface area contributed by atoms with Gasteiger partial charge in [-0.3, -0.25) is 9.59 Å². The van der Waals surface area contributed by atoms with Crippen LogP contribution in [0.4, 0.5) is 5.69 Å². The van der Waals surface area contributed by atoms with Crippen molar-refractivity contribution in [2.24, 2.45) is 0 Å². The van der Waals surface area contributed by atoms with E-state index < -0.39 is 0 Å². The maximum atomic E-state index is 12.4. The molecule has 4 nitrogen and oxygen atoms in total. The van der Waals surface area contributed by atoms with E-state index in [1.54, 1.807) is 6.07 Å². The van der Waals surface area contributed by atoms with Crippen molar-refractivity contribution in [2.75, 3.05) is 5.32 Å². The second kappa shape index (κ2) is 7.25. The van der Waals surface area contributed by atoms with Crippen molar-refractivity contribution in [2.45, 2.75) is 58.4 Å². The Morgan fingerprint density at radius 2 is 1.76 bits per heavy atom. The van der Waals surface area contributed by atoms with Crippen LogP contribution in [0, 0.1) is 6.92 Å². The van der Waals surface area contributed by atoms with Crippen molar-refractivity contribution >= 4 is 17.5 Å². The van der Waals surface area contributed by atoms with E-state index in [1.165, 1.54) is 32.6 Å². The molecule has 0 bridgehead atoms. The van der Waals surface area contributed by atoms with Crippen LogP contribution in [-0.4, -0.2) is 17.9 Å². The summed E-state index contributed by atoms with van der Waals surface area (Å²) in [5, 5.41) is 5.89. The lowest BCUT2D eigenvalue weighted by Gasteiger charge is -2.17. The number of carbonyl (C=O) groups is 2. The van der Waals surface area contributed by atoms with E-state index in [0.29, 0.717) is 11.3 Å². The second-order valence-electron chi connectivity index (χ2n) is 5.87. The first-order valence-corrected chi connectivity index (χ1v) is 7.75. The maximum Gasteiger partial charge on any atom is 0.251 e. The highest BCUT2D eigenvalue weighted by molar-refractivity contribution is 5.97. The van der Waals surface area contributed by atoms with Crippen molar-refractivity contribution in [1.29, 1.82) is 0 Å². The highest BCUT2D eigenvalue weighted by atomic mass is 16.2. The smallest absolute Gasteiger partial charge is 0.251 e. The molecule has 1 fully saturated rings. The van der Waals surface area contributed by atoms with E-state index in [1.807, 2.05) is 19.1 Å². The van der Waals surface area contributed by atoms with Crippen LogP contribution in [0.5, 0.6) is 0 Å². The molecular weight excluding hydrogens is 264 g/mol. The molecule has 0 saturated heterocycles. The Balaban J connectivity index is 2.06. The lowest BCUT2D eigenvalue weighted by atomic mass is 10.1. The molecule has 0 aromatic heterocycles. The molecule has 1 aliphatic rings. The van der Waals surface area contributed by atoms with E-state index in [9.17, 15) is 9.59 Å². The summed E-state index contributed by atoms with van der Waals surface area (Å²) in [6, 6.07) is 5.72. The molecule has 114 valence electrons. The minimum Gasteiger partial charge on any atom is -0.349 e. The summed E-state index contributed by atoms with van der Waals surface area (Å²) < 4.78 is 0. The first-order chi connectivity index (χ1) is 10.1. The summed E-state index contributed by atoms with van der Waals surface area (Å²) in [6.07, 6.45) is 7.05. The molecule has 2 rings (SSSR count). The van der Waals surface area contributed by atoms with E-state index in [-0.39, 0.29) is 17.9 Å². The number of hydrogen-bond donors (Lipinski definition) is 2. The SMILES string of the molecule is CC(=O)Nc1cc(C(=O)NC2CCCCCC2)ccc1C. The van der Waals surface area contributed by atoms with Crippen molar-refractivity contribution < 1.29 is 9.59 Å². The van der Waals surface area contributed by atoms with E-state index in [4.69, 9.17) is 0 Å². The molecule has 1 saturated carbocycles. The van der Waals surface area contributed by atoms with Gasteiger partial charge in [0.05, 0.1) is 0 Å². The summed E-state index contributed by atoms with van der Waals surface area (Å²) in [5.41, 5.74) is 2.26. The lowest BCUT2D eigenvalue weighted by Crippen LogP contribution is -2.34.